The number of rotatable bonds is 4. The normalized spacial score (nSPS) is 15.1. The van der Waals surface area contributed by atoms with Gasteiger partial charge in [0.2, 0.25) is 0 Å². The smallest absolute Gasteiger partial charge is 0.194 e. The van der Waals surface area contributed by atoms with Crippen molar-refractivity contribution in [2.24, 2.45) is 4.99 Å². The van der Waals surface area contributed by atoms with Crippen molar-refractivity contribution in [1.82, 2.24) is 14.9 Å². The van der Waals surface area contributed by atoms with Crippen LogP contribution in [0.25, 0.3) is 10.2 Å². The second-order valence-corrected chi connectivity index (χ2v) is 7.79. The fourth-order valence-electron chi connectivity index (χ4n) is 2.96. The Morgan fingerprint density at radius 3 is 2.68 bits per heavy atom. The number of thiophene rings is 1. The summed E-state index contributed by atoms with van der Waals surface area (Å²) in [5.74, 6) is 1.83. The Kier molecular flexibility index (Phi) is 9.65. The Bertz CT molecular complexity index is 943. The van der Waals surface area contributed by atoms with Gasteiger partial charge in [-0.25, -0.2) is 15.0 Å². The van der Waals surface area contributed by atoms with E-state index in [2.05, 4.69) is 35.4 Å². The van der Waals surface area contributed by atoms with Crippen LogP contribution in [-0.2, 0) is 4.74 Å². The van der Waals surface area contributed by atoms with Crippen LogP contribution in [0.4, 0.5) is 11.5 Å². The van der Waals surface area contributed by atoms with E-state index in [-0.39, 0.29) is 5.78 Å². The van der Waals surface area contributed by atoms with Crippen molar-refractivity contribution < 1.29 is 9.53 Å². The molecule has 31 heavy (non-hydrogen) atoms. The molecule has 4 rings (SSSR count). The molecule has 8 heteroatoms. The summed E-state index contributed by atoms with van der Waals surface area (Å²) in [7, 11) is 1.98. The van der Waals surface area contributed by atoms with Gasteiger partial charge in [0.25, 0.3) is 0 Å². The van der Waals surface area contributed by atoms with E-state index in [1.807, 2.05) is 43.0 Å². The van der Waals surface area contributed by atoms with Crippen molar-refractivity contribution in [1.29, 1.82) is 0 Å². The van der Waals surface area contributed by atoms with Crippen LogP contribution in [0.5, 0.6) is 0 Å². The Morgan fingerprint density at radius 2 is 2.10 bits per heavy atom. The highest BCUT2D eigenvalue weighted by atomic mass is 32.1. The molecule has 2 aromatic rings. The Balaban J connectivity index is 0.000000363. The first-order chi connectivity index (χ1) is 15.0. The molecule has 2 aliphatic heterocycles. The monoisotopic (exact) mass is 443 g/mol. The summed E-state index contributed by atoms with van der Waals surface area (Å²) in [5.41, 5.74) is 0.693. The lowest BCUT2D eigenvalue weighted by Crippen LogP contribution is -2.21. The number of ether oxygens (including phenoxy) is 1. The van der Waals surface area contributed by atoms with E-state index in [0.29, 0.717) is 17.1 Å². The van der Waals surface area contributed by atoms with Gasteiger partial charge >= 0.3 is 0 Å². The number of carbonyl (C=O) groups is 1. The Hall–Kier alpha value is -2.74. The molecule has 0 spiro atoms. The van der Waals surface area contributed by atoms with E-state index < -0.39 is 0 Å². The first-order valence-electron chi connectivity index (χ1n) is 10.8. The number of nitrogens with zero attached hydrogens (tertiary/aromatic N) is 5. The molecule has 0 aromatic carbocycles. The van der Waals surface area contributed by atoms with Crippen molar-refractivity contribution in [2.45, 2.75) is 47.0 Å². The van der Waals surface area contributed by atoms with Crippen LogP contribution < -0.4 is 4.90 Å². The van der Waals surface area contributed by atoms with E-state index in [9.17, 15) is 4.79 Å². The van der Waals surface area contributed by atoms with Gasteiger partial charge in [-0.15, -0.1) is 11.3 Å². The number of hydrogen-bond donors (Lipinski definition) is 0. The van der Waals surface area contributed by atoms with Crippen molar-refractivity contribution in [2.75, 3.05) is 31.6 Å². The average Bonchev–Trinajstić information content (AvgIpc) is 3.39. The van der Waals surface area contributed by atoms with Gasteiger partial charge in [0.15, 0.2) is 5.78 Å². The molecule has 0 amide bonds. The predicted molar refractivity (Wildman–Crippen MR) is 131 cm³/mol. The minimum atomic E-state index is 0.0614. The summed E-state index contributed by atoms with van der Waals surface area (Å²) in [4.78, 5) is 31.2. The molecular weight excluding hydrogens is 410 g/mol. The van der Waals surface area contributed by atoms with Crippen molar-refractivity contribution in [3.05, 3.63) is 35.8 Å². The van der Waals surface area contributed by atoms with Gasteiger partial charge in [-0.1, -0.05) is 33.4 Å². The molecule has 2 aromatic heterocycles. The highest BCUT2D eigenvalue weighted by molar-refractivity contribution is 7.21. The Morgan fingerprint density at radius 1 is 1.32 bits per heavy atom. The molecule has 2 aliphatic rings. The summed E-state index contributed by atoms with van der Waals surface area (Å²) in [6, 6.07) is 0. The summed E-state index contributed by atoms with van der Waals surface area (Å²) in [6.45, 7) is 13.8. The van der Waals surface area contributed by atoms with Crippen LogP contribution in [0.2, 0.25) is 0 Å². The standard InChI is InChI=1S/C16H19N5OS.C5H8O.C2H6/c1-4-6-7-21-8-11(22)14-13(19-10-21)12-15(20(3)5-2)17-9-18-16(12)23-14;1-5-3-2-4-6-5;1-2/h6-7,9-10H,4-5,8H2,1-3H3;1-4H2;1-2H3/b7-6+;;. The maximum absolute atomic E-state index is 12.6. The molecular formula is C23H33N5O2S. The lowest BCUT2D eigenvalue weighted by Gasteiger charge is -2.16. The molecule has 1 saturated heterocycles. The van der Waals surface area contributed by atoms with E-state index in [0.717, 1.165) is 47.8 Å². The van der Waals surface area contributed by atoms with Gasteiger partial charge < -0.3 is 14.5 Å². The zero-order valence-corrected chi connectivity index (χ0v) is 20.0. The van der Waals surface area contributed by atoms with Gasteiger partial charge in [-0.05, 0) is 19.8 Å². The van der Waals surface area contributed by atoms with Crippen molar-refractivity contribution in [3.63, 3.8) is 0 Å². The van der Waals surface area contributed by atoms with Crippen LogP contribution >= 0.6 is 11.3 Å². The molecule has 0 atom stereocenters. The molecule has 7 nitrogen and oxygen atoms in total. The second-order valence-electron chi connectivity index (χ2n) is 6.80. The number of Topliss-reactive ketones (excluding diaryl/α,β-unsaturated/α-hetero) is 1. The SMILES string of the molecule is C=C1CCCO1.CC.CC/C=C/N1C=Nc2c(sc3ncnc(N(C)CC)c23)C(=O)C1. The minimum absolute atomic E-state index is 0.0614. The van der Waals surface area contributed by atoms with Crippen LogP contribution in [0.1, 0.15) is 56.6 Å². The van der Waals surface area contributed by atoms with E-state index in [1.54, 1.807) is 12.7 Å². The third-order valence-electron chi connectivity index (χ3n) is 4.63. The predicted octanol–water partition coefficient (Wildman–Crippen LogP) is 5.57. The van der Waals surface area contributed by atoms with Crippen molar-refractivity contribution >= 4 is 45.2 Å². The average molecular weight is 444 g/mol. The minimum Gasteiger partial charge on any atom is -0.499 e. The number of aromatic nitrogens is 2. The number of ketones is 1. The Labute approximate surface area is 189 Å². The first-order valence-corrected chi connectivity index (χ1v) is 11.7. The molecule has 0 aliphatic carbocycles. The molecule has 4 heterocycles. The number of aliphatic imine (C=N–C) groups is 1. The molecule has 0 saturated carbocycles. The number of anilines is 1. The zero-order chi connectivity index (χ0) is 22.8. The van der Waals surface area contributed by atoms with E-state index in [1.165, 1.54) is 17.8 Å². The number of carbonyl (C=O) groups excluding carboxylic acids is 1. The maximum atomic E-state index is 12.6. The fraction of sp³-hybridized carbons (Fsp3) is 0.478. The van der Waals surface area contributed by atoms with Gasteiger partial charge in [0.05, 0.1) is 36.3 Å². The van der Waals surface area contributed by atoms with Crippen LogP contribution in [0.15, 0.2) is 35.9 Å². The highest BCUT2D eigenvalue weighted by Crippen LogP contribution is 2.41. The molecule has 168 valence electrons. The largest absolute Gasteiger partial charge is 0.499 e. The molecule has 0 bridgehead atoms. The maximum Gasteiger partial charge on any atom is 0.194 e. The molecule has 0 unspecified atom stereocenters. The summed E-state index contributed by atoms with van der Waals surface area (Å²) >= 11 is 1.40. The quantitative estimate of drug-likeness (QED) is 0.615. The van der Waals surface area contributed by atoms with Gasteiger partial charge in [-0.3, -0.25) is 4.79 Å². The third-order valence-corrected chi connectivity index (χ3v) is 5.76. The van der Waals surface area contributed by atoms with Crippen LogP contribution in [0, 0.1) is 0 Å². The van der Waals surface area contributed by atoms with Gasteiger partial charge in [0, 0.05) is 26.2 Å². The van der Waals surface area contributed by atoms with Crippen LogP contribution in [-0.4, -0.2) is 53.7 Å². The number of fused-ring (bicyclic) bond motifs is 3. The molecule has 0 N–H and O–H groups in total. The lowest BCUT2D eigenvalue weighted by atomic mass is 10.2. The van der Waals surface area contributed by atoms with E-state index in [4.69, 9.17) is 4.74 Å². The molecule has 0 radical (unpaired) electrons. The topological polar surface area (TPSA) is 70.9 Å². The number of hydrogen-bond acceptors (Lipinski definition) is 8. The molecule has 1 fully saturated rings. The second kappa shape index (κ2) is 12.2. The highest BCUT2D eigenvalue weighted by Gasteiger charge is 2.25. The van der Waals surface area contributed by atoms with E-state index >= 15 is 0 Å². The van der Waals surface area contributed by atoms with Crippen molar-refractivity contribution in [3.8, 4) is 0 Å². The fourth-order valence-corrected chi connectivity index (χ4v) is 3.97. The first kappa shape index (κ1) is 24.5. The van der Waals surface area contributed by atoms with Gasteiger partial charge in [-0.2, -0.15) is 0 Å². The lowest BCUT2D eigenvalue weighted by molar-refractivity contribution is 0.0981. The zero-order valence-electron chi connectivity index (χ0n) is 19.2. The third kappa shape index (κ3) is 6.13. The summed E-state index contributed by atoms with van der Waals surface area (Å²) in [5, 5.41) is 0.864. The summed E-state index contributed by atoms with van der Waals surface area (Å²) in [6.07, 6.45) is 10.3. The van der Waals surface area contributed by atoms with Crippen LogP contribution in [0.3, 0.4) is 0 Å². The summed E-state index contributed by atoms with van der Waals surface area (Å²) < 4.78 is 4.96. The number of allylic oxidation sites excluding steroid dienone is 2. The van der Waals surface area contributed by atoms with Gasteiger partial charge in [0.1, 0.15) is 21.9 Å².